The lowest BCUT2D eigenvalue weighted by Crippen LogP contribution is -1.99. The van der Waals surface area contributed by atoms with E-state index in [-0.39, 0.29) is 23.9 Å². The first-order chi connectivity index (χ1) is 9.51. The molecule has 0 bridgehead atoms. The van der Waals surface area contributed by atoms with Crippen molar-refractivity contribution in [2.75, 3.05) is 0 Å². The number of halogens is 1. The number of benzene rings is 1. The van der Waals surface area contributed by atoms with Crippen LogP contribution in [-0.4, -0.2) is 9.91 Å². The predicted octanol–water partition coefficient (Wildman–Crippen LogP) is 3.99. The molecule has 0 saturated heterocycles. The van der Waals surface area contributed by atoms with Crippen molar-refractivity contribution in [3.05, 3.63) is 49.5 Å². The van der Waals surface area contributed by atoms with Gasteiger partial charge in [-0.25, -0.2) is 4.98 Å². The Hall–Kier alpha value is -1.66. The number of nitrogens with zero attached hydrogens (tertiary/aromatic N) is 2. The number of hydrogen-bond acceptors (Lipinski definition) is 5. The van der Waals surface area contributed by atoms with Gasteiger partial charge in [0, 0.05) is 16.8 Å². The molecular formula is C13H13ClN2O3S. The predicted molar refractivity (Wildman–Crippen MR) is 78.6 cm³/mol. The molecule has 7 heteroatoms. The molecule has 0 aliphatic carbocycles. The lowest BCUT2D eigenvalue weighted by Gasteiger charge is -2.06. The molecule has 2 rings (SSSR count). The standard InChI is InChI=1S/C13H13ClN2O3S/c1-8-9(2)20-13(15-8)7-19-12-4-3-10(6-14)5-11(12)16(17)18/h3-5H,6-7H2,1-2H3. The van der Waals surface area contributed by atoms with Crippen molar-refractivity contribution in [3.63, 3.8) is 0 Å². The van der Waals surface area contributed by atoms with Gasteiger partial charge < -0.3 is 4.74 Å². The van der Waals surface area contributed by atoms with Crippen LogP contribution in [0.2, 0.25) is 0 Å². The molecule has 1 aromatic carbocycles. The first kappa shape index (κ1) is 14.7. The summed E-state index contributed by atoms with van der Waals surface area (Å²) in [6.45, 7) is 4.13. The number of ether oxygens (including phenoxy) is 1. The van der Waals surface area contributed by atoms with Crippen LogP contribution >= 0.6 is 22.9 Å². The van der Waals surface area contributed by atoms with Gasteiger partial charge in [-0.15, -0.1) is 22.9 Å². The molecule has 0 unspecified atom stereocenters. The number of nitro benzene ring substituents is 1. The van der Waals surface area contributed by atoms with Gasteiger partial charge >= 0.3 is 5.69 Å². The topological polar surface area (TPSA) is 65.3 Å². The van der Waals surface area contributed by atoms with Crippen LogP contribution in [0.25, 0.3) is 0 Å². The van der Waals surface area contributed by atoms with Crippen LogP contribution in [0.3, 0.4) is 0 Å². The maximum absolute atomic E-state index is 11.0. The Kier molecular flexibility index (Phi) is 4.57. The molecule has 0 fully saturated rings. The molecule has 0 atom stereocenters. The molecule has 106 valence electrons. The molecular weight excluding hydrogens is 300 g/mol. The highest BCUT2D eigenvalue weighted by Gasteiger charge is 2.16. The highest BCUT2D eigenvalue weighted by molar-refractivity contribution is 7.11. The molecule has 5 nitrogen and oxygen atoms in total. The third-order valence-corrected chi connectivity index (χ3v) is 4.15. The van der Waals surface area contributed by atoms with Crippen molar-refractivity contribution in [3.8, 4) is 5.75 Å². The molecule has 0 radical (unpaired) electrons. The van der Waals surface area contributed by atoms with E-state index in [1.807, 2.05) is 13.8 Å². The van der Waals surface area contributed by atoms with Crippen LogP contribution in [0.15, 0.2) is 18.2 Å². The molecule has 0 spiro atoms. The van der Waals surface area contributed by atoms with Crippen molar-refractivity contribution in [2.24, 2.45) is 0 Å². The minimum Gasteiger partial charge on any atom is -0.479 e. The Bertz CT molecular complexity index is 623. The number of rotatable bonds is 5. The lowest BCUT2D eigenvalue weighted by atomic mass is 10.2. The third kappa shape index (κ3) is 3.26. The van der Waals surface area contributed by atoms with Crippen LogP contribution < -0.4 is 4.74 Å². The zero-order valence-corrected chi connectivity index (χ0v) is 12.6. The van der Waals surface area contributed by atoms with Gasteiger partial charge in [-0.2, -0.15) is 0 Å². The van der Waals surface area contributed by atoms with Gasteiger partial charge in [0.15, 0.2) is 5.75 Å². The Labute approximate surface area is 125 Å². The van der Waals surface area contributed by atoms with Gasteiger partial charge in [-0.1, -0.05) is 6.07 Å². The van der Waals surface area contributed by atoms with Crippen LogP contribution in [0.4, 0.5) is 5.69 Å². The average Bonchev–Trinajstić information content (AvgIpc) is 2.75. The van der Waals surface area contributed by atoms with Crippen molar-refractivity contribution in [2.45, 2.75) is 26.3 Å². The molecule has 1 aromatic heterocycles. The van der Waals surface area contributed by atoms with Crippen LogP contribution in [0, 0.1) is 24.0 Å². The van der Waals surface area contributed by atoms with Gasteiger partial charge in [-0.3, -0.25) is 10.1 Å². The number of nitro groups is 1. The lowest BCUT2D eigenvalue weighted by molar-refractivity contribution is -0.386. The first-order valence-corrected chi connectivity index (χ1v) is 7.25. The quantitative estimate of drug-likeness (QED) is 0.476. The summed E-state index contributed by atoms with van der Waals surface area (Å²) in [5.74, 6) is 0.459. The highest BCUT2D eigenvalue weighted by Crippen LogP contribution is 2.29. The number of thiazole rings is 1. The average molecular weight is 313 g/mol. The van der Waals surface area contributed by atoms with Gasteiger partial charge in [0.05, 0.1) is 10.6 Å². The maximum atomic E-state index is 11.0. The molecule has 2 aromatic rings. The SMILES string of the molecule is Cc1nc(COc2ccc(CCl)cc2[N+](=O)[O-])sc1C. The van der Waals surface area contributed by atoms with E-state index >= 15 is 0 Å². The van der Waals surface area contributed by atoms with Crippen LogP contribution in [0.5, 0.6) is 5.75 Å². The summed E-state index contributed by atoms with van der Waals surface area (Å²) < 4.78 is 5.52. The van der Waals surface area contributed by atoms with E-state index < -0.39 is 4.92 Å². The summed E-state index contributed by atoms with van der Waals surface area (Å²) in [5, 5.41) is 11.8. The normalized spacial score (nSPS) is 10.6. The summed E-state index contributed by atoms with van der Waals surface area (Å²) in [5.41, 5.74) is 1.57. The summed E-state index contributed by atoms with van der Waals surface area (Å²) in [7, 11) is 0. The van der Waals surface area contributed by atoms with Crippen LogP contribution in [0.1, 0.15) is 21.1 Å². The fraction of sp³-hybridized carbons (Fsp3) is 0.308. The van der Waals surface area contributed by atoms with E-state index in [0.717, 1.165) is 15.6 Å². The molecule has 0 aliphatic heterocycles. The molecule has 0 aliphatic rings. The summed E-state index contributed by atoms with van der Waals surface area (Å²) >= 11 is 7.21. The number of alkyl halides is 1. The second kappa shape index (κ2) is 6.19. The second-order valence-electron chi connectivity index (χ2n) is 4.23. The Morgan fingerprint density at radius 1 is 1.45 bits per heavy atom. The van der Waals surface area contributed by atoms with E-state index in [4.69, 9.17) is 16.3 Å². The van der Waals surface area contributed by atoms with Crippen molar-refractivity contribution in [1.29, 1.82) is 0 Å². The number of hydrogen-bond donors (Lipinski definition) is 0. The molecule has 20 heavy (non-hydrogen) atoms. The molecule has 0 N–H and O–H groups in total. The van der Waals surface area contributed by atoms with Crippen LogP contribution in [-0.2, 0) is 12.5 Å². The third-order valence-electron chi connectivity index (χ3n) is 2.80. The summed E-state index contributed by atoms with van der Waals surface area (Å²) in [6, 6.07) is 4.72. The Morgan fingerprint density at radius 2 is 2.20 bits per heavy atom. The van der Waals surface area contributed by atoms with Crippen molar-refractivity contribution in [1.82, 2.24) is 4.98 Å². The fourth-order valence-electron chi connectivity index (χ4n) is 1.65. The largest absolute Gasteiger partial charge is 0.479 e. The number of aryl methyl sites for hydroxylation is 2. The van der Waals surface area contributed by atoms with E-state index in [1.54, 1.807) is 12.1 Å². The zero-order chi connectivity index (χ0) is 14.7. The number of aromatic nitrogens is 1. The van der Waals surface area contributed by atoms with Gasteiger partial charge in [0.25, 0.3) is 0 Å². The van der Waals surface area contributed by atoms with E-state index in [2.05, 4.69) is 4.98 Å². The zero-order valence-electron chi connectivity index (χ0n) is 11.1. The van der Waals surface area contributed by atoms with Gasteiger partial charge in [0.1, 0.15) is 11.6 Å². The Morgan fingerprint density at radius 3 is 2.75 bits per heavy atom. The molecule has 0 saturated carbocycles. The highest BCUT2D eigenvalue weighted by atomic mass is 35.5. The van der Waals surface area contributed by atoms with E-state index in [1.165, 1.54) is 17.4 Å². The monoisotopic (exact) mass is 312 g/mol. The smallest absolute Gasteiger partial charge is 0.311 e. The first-order valence-electron chi connectivity index (χ1n) is 5.90. The van der Waals surface area contributed by atoms with Gasteiger partial charge in [-0.05, 0) is 25.5 Å². The van der Waals surface area contributed by atoms with E-state index in [0.29, 0.717) is 5.56 Å². The molecule has 1 heterocycles. The minimum absolute atomic E-state index is 0.0758. The fourth-order valence-corrected chi connectivity index (χ4v) is 2.66. The summed E-state index contributed by atoms with van der Waals surface area (Å²) in [4.78, 5) is 16.0. The Balaban J connectivity index is 2.18. The second-order valence-corrected chi connectivity index (χ2v) is 5.79. The summed E-state index contributed by atoms with van der Waals surface area (Å²) in [6.07, 6.45) is 0. The van der Waals surface area contributed by atoms with E-state index in [9.17, 15) is 10.1 Å². The van der Waals surface area contributed by atoms with Crippen molar-refractivity contribution < 1.29 is 9.66 Å². The van der Waals surface area contributed by atoms with Crippen molar-refractivity contribution >= 4 is 28.6 Å². The van der Waals surface area contributed by atoms with Gasteiger partial charge in [0.2, 0.25) is 0 Å². The minimum atomic E-state index is -0.469. The molecule has 0 amide bonds. The maximum Gasteiger partial charge on any atom is 0.311 e.